The van der Waals surface area contributed by atoms with E-state index in [4.69, 9.17) is 0 Å². The van der Waals surface area contributed by atoms with E-state index in [-0.39, 0.29) is 0 Å². The number of benzene rings is 1. The Kier molecular flexibility index (Phi) is 7.05. The monoisotopic (exact) mass is 326 g/mol. The minimum atomic E-state index is 0.540. The molecular formula is C16H27BrN2. The van der Waals surface area contributed by atoms with Gasteiger partial charge in [0.25, 0.3) is 0 Å². The molecule has 0 heterocycles. The first-order valence-electron chi connectivity index (χ1n) is 7.08. The van der Waals surface area contributed by atoms with Crippen molar-refractivity contribution in [3.05, 3.63) is 34.3 Å². The second kappa shape index (κ2) is 8.03. The lowest BCUT2D eigenvalue weighted by Crippen LogP contribution is -2.44. The van der Waals surface area contributed by atoms with Crippen LogP contribution in [0, 0.1) is 5.92 Å². The number of nitrogens with zero attached hydrogens (tertiary/aromatic N) is 1. The molecule has 1 N–H and O–H groups in total. The molecule has 1 atom stereocenters. The number of likely N-dealkylation sites (N-methyl/N-ethyl adjacent to an activating group) is 1. The minimum Gasteiger partial charge on any atom is -0.313 e. The highest BCUT2D eigenvalue weighted by atomic mass is 79.9. The van der Waals surface area contributed by atoms with Gasteiger partial charge in [-0.3, -0.25) is 4.90 Å². The summed E-state index contributed by atoms with van der Waals surface area (Å²) in [4.78, 5) is 2.44. The molecule has 0 aliphatic heterocycles. The van der Waals surface area contributed by atoms with Gasteiger partial charge in [-0.1, -0.05) is 61.8 Å². The van der Waals surface area contributed by atoms with Crippen molar-refractivity contribution in [1.82, 2.24) is 10.2 Å². The number of halogens is 1. The van der Waals surface area contributed by atoms with Gasteiger partial charge in [0.05, 0.1) is 0 Å². The maximum atomic E-state index is 3.63. The van der Waals surface area contributed by atoms with Gasteiger partial charge in [-0.05, 0) is 24.6 Å². The first kappa shape index (κ1) is 16.7. The summed E-state index contributed by atoms with van der Waals surface area (Å²) in [6, 6.07) is 9.55. The fraction of sp³-hybridized carbons (Fsp3) is 0.625. The first-order valence-corrected chi connectivity index (χ1v) is 7.88. The van der Waals surface area contributed by atoms with Gasteiger partial charge in [-0.15, -0.1) is 0 Å². The van der Waals surface area contributed by atoms with Crippen LogP contribution in [0.3, 0.4) is 0 Å². The molecule has 0 amide bonds. The SMILES string of the molecule is CC(C)NCC(C(C)C)N(C)Cc1ccccc1Br. The zero-order chi connectivity index (χ0) is 14.4. The lowest BCUT2D eigenvalue weighted by molar-refractivity contribution is 0.177. The van der Waals surface area contributed by atoms with Gasteiger partial charge in [-0.2, -0.15) is 0 Å². The molecule has 0 bridgehead atoms. The minimum absolute atomic E-state index is 0.540. The third-order valence-electron chi connectivity index (χ3n) is 3.45. The van der Waals surface area contributed by atoms with Gasteiger partial charge < -0.3 is 5.32 Å². The number of nitrogens with one attached hydrogen (secondary N) is 1. The number of hydrogen-bond donors (Lipinski definition) is 1. The summed E-state index contributed by atoms with van der Waals surface area (Å²) in [5, 5.41) is 3.55. The van der Waals surface area contributed by atoms with E-state index in [1.807, 2.05) is 0 Å². The third kappa shape index (κ3) is 5.64. The average Bonchev–Trinajstić information content (AvgIpc) is 2.31. The van der Waals surface area contributed by atoms with E-state index in [2.05, 4.69) is 85.2 Å². The van der Waals surface area contributed by atoms with E-state index in [0.29, 0.717) is 18.0 Å². The van der Waals surface area contributed by atoms with Crippen LogP contribution in [-0.4, -0.2) is 30.6 Å². The Morgan fingerprint density at radius 1 is 1.16 bits per heavy atom. The molecule has 0 saturated carbocycles. The third-order valence-corrected chi connectivity index (χ3v) is 4.22. The standard InChI is InChI=1S/C16H27BrN2/c1-12(2)16(10-18-13(3)4)19(5)11-14-8-6-7-9-15(14)17/h6-9,12-13,16,18H,10-11H2,1-5H3. The molecule has 0 aliphatic rings. The summed E-state index contributed by atoms with van der Waals surface area (Å²) >= 11 is 3.63. The Hall–Kier alpha value is -0.380. The first-order chi connectivity index (χ1) is 8.91. The van der Waals surface area contributed by atoms with E-state index in [1.165, 1.54) is 10.0 Å². The van der Waals surface area contributed by atoms with Crippen LogP contribution in [0.4, 0.5) is 0 Å². The highest BCUT2D eigenvalue weighted by Gasteiger charge is 2.19. The van der Waals surface area contributed by atoms with Gasteiger partial charge in [0, 0.05) is 29.6 Å². The molecular weight excluding hydrogens is 300 g/mol. The van der Waals surface area contributed by atoms with Crippen LogP contribution in [0.25, 0.3) is 0 Å². The van der Waals surface area contributed by atoms with Crippen molar-refractivity contribution in [3.63, 3.8) is 0 Å². The van der Waals surface area contributed by atoms with E-state index in [1.54, 1.807) is 0 Å². The van der Waals surface area contributed by atoms with Gasteiger partial charge in [-0.25, -0.2) is 0 Å². The van der Waals surface area contributed by atoms with Crippen molar-refractivity contribution in [1.29, 1.82) is 0 Å². The fourth-order valence-electron chi connectivity index (χ4n) is 2.27. The van der Waals surface area contributed by atoms with Crippen LogP contribution in [0.1, 0.15) is 33.3 Å². The van der Waals surface area contributed by atoms with Gasteiger partial charge in [0.1, 0.15) is 0 Å². The van der Waals surface area contributed by atoms with Crippen LogP contribution in [-0.2, 0) is 6.54 Å². The zero-order valence-corrected chi connectivity index (χ0v) is 14.4. The van der Waals surface area contributed by atoms with Crippen LogP contribution in [0.15, 0.2) is 28.7 Å². The summed E-state index contributed by atoms with van der Waals surface area (Å²) < 4.78 is 1.20. The Labute approximate surface area is 126 Å². The van der Waals surface area contributed by atoms with E-state index < -0.39 is 0 Å². The van der Waals surface area contributed by atoms with Crippen molar-refractivity contribution in [2.75, 3.05) is 13.6 Å². The molecule has 0 fully saturated rings. The molecule has 0 saturated heterocycles. The molecule has 1 aromatic rings. The van der Waals surface area contributed by atoms with Crippen molar-refractivity contribution < 1.29 is 0 Å². The molecule has 0 aromatic heterocycles. The van der Waals surface area contributed by atoms with E-state index in [9.17, 15) is 0 Å². The second-order valence-electron chi connectivity index (χ2n) is 5.88. The molecule has 108 valence electrons. The maximum Gasteiger partial charge on any atom is 0.0245 e. The Bertz CT molecular complexity index is 377. The molecule has 19 heavy (non-hydrogen) atoms. The van der Waals surface area contributed by atoms with Crippen LogP contribution in [0.5, 0.6) is 0 Å². The second-order valence-corrected chi connectivity index (χ2v) is 6.74. The molecule has 3 heteroatoms. The normalized spacial score (nSPS) is 13.5. The molecule has 1 aromatic carbocycles. The summed E-state index contributed by atoms with van der Waals surface area (Å²) in [7, 11) is 2.21. The highest BCUT2D eigenvalue weighted by molar-refractivity contribution is 9.10. The predicted octanol–water partition coefficient (Wildman–Crippen LogP) is 3.90. The highest BCUT2D eigenvalue weighted by Crippen LogP contribution is 2.19. The average molecular weight is 327 g/mol. The topological polar surface area (TPSA) is 15.3 Å². The molecule has 1 unspecified atom stereocenters. The van der Waals surface area contributed by atoms with Gasteiger partial charge in [0.15, 0.2) is 0 Å². The van der Waals surface area contributed by atoms with Crippen molar-refractivity contribution in [2.24, 2.45) is 5.92 Å². The largest absolute Gasteiger partial charge is 0.313 e. The zero-order valence-electron chi connectivity index (χ0n) is 12.8. The summed E-state index contributed by atoms with van der Waals surface area (Å²) in [5.74, 6) is 0.638. The number of rotatable bonds is 7. The summed E-state index contributed by atoms with van der Waals surface area (Å²) in [5.41, 5.74) is 1.35. The van der Waals surface area contributed by atoms with Crippen molar-refractivity contribution in [2.45, 2.75) is 46.3 Å². The summed E-state index contributed by atoms with van der Waals surface area (Å²) in [6.07, 6.45) is 0. The molecule has 1 rings (SSSR count). The smallest absolute Gasteiger partial charge is 0.0245 e. The molecule has 0 aliphatic carbocycles. The van der Waals surface area contributed by atoms with Crippen molar-refractivity contribution >= 4 is 15.9 Å². The maximum absolute atomic E-state index is 3.63. The van der Waals surface area contributed by atoms with Crippen molar-refractivity contribution in [3.8, 4) is 0 Å². The van der Waals surface area contributed by atoms with Gasteiger partial charge in [0.2, 0.25) is 0 Å². The lowest BCUT2D eigenvalue weighted by Gasteiger charge is -2.32. The Morgan fingerprint density at radius 3 is 2.32 bits per heavy atom. The quantitative estimate of drug-likeness (QED) is 0.817. The van der Waals surface area contributed by atoms with E-state index >= 15 is 0 Å². The van der Waals surface area contributed by atoms with Gasteiger partial charge >= 0.3 is 0 Å². The van der Waals surface area contributed by atoms with Crippen LogP contribution in [0.2, 0.25) is 0 Å². The molecule has 0 radical (unpaired) electrons. The Balaban J connectivity index is 2.66. The molecule has 0 spiro atoms. The van der Waals surface area contributed by atoms with Crippen LogP contribution >= 0.6 is 15.9 Å². The Morgan fingerprint density at radius 2 is 1.79 bits per heavy atom. The van der Waals surface area contributed by atoms with E-state index in [0.717, 1.165) is 13.1 Å². The molecule has 2 nitrogen and oxygen atoms in total. The van der Waals surface area contributed by atoms with Crippen LogP contribution < -0.4 is 5.32 Å². The predicted molar refractivity (Wildman–Crippen MR) is 87.4 cm³/mol. The fourth-order valence-corrected chi connectivity index (χ4v) is 2.68. The lowest BCUT2D eigenvalue weighted by atomic mass is 10.0. The summed E-state index contributed by atoms with van der Waals surface area (Å²) in [6.45, 7) is 11.0. The number of hydrogen-bond acceptors (Lipinski definition) is 2.